The van der Waals surface area contributed by atoms with E-state index >= 15 is 0 Å². The molecule has 2 aliphatic rings. The van der Waals surface area contributed by atoms with Crippen molar-refractivity contribution in [2.75, 3.05) is 31.9 Å². The number of methoxy groups -OCH3 is 1. The average molecular weight is 545 g/mol. The lowest BCUT2D eigenvalue weighted by atomic mass is 9.82. The number of carboxylic acid groups (broad SMARTS) is 1. The van der Waals surface area contributed by atoms with E-state index in [9.17, 15) is 14.7 Å². The molecular weight excluding hydrogens is 508 g/mol. The Hall–Kier alpha value is -4.04. The van der Waals surface area contributed by atoms with Crippen LogP contribution in [0.2, 0.25) is 0 Å². The Morgan fingerprint density at radius 1 is 1.02 bits per heavy atom. The zero-order valence-corrected chi connectivity index (χ0v) is 23.2. The minimum atomic E-state index is -0.905. The molecule has 5 rings (SSSR count). The van der Waals surface area contributed by atoms with E-state index in [1.807, 2.05) is 82.6 Å². The molecule has 3 aromatic carbocycles. The first-order chi connectivity index (χ1) is 19.4. The first-order valence-corrected chi connectivity index (χ1v) is 13.8. The molecule has 8 heteroatoms. The lowest BCUT2D eigenvalue weighted by molar-refractivity contribution is -0.143. The molecular formula is C32H36N2O6. The van der Waals surface area contributed by atoms with Gasteiger partial charge in [0, 0.05) is 30.2 Å². The van der Waals surface area contributed by atoms with Gasteiger partial charge in [0.15, 0.2) is 11.5 Å². The third-order valence-corrected chi connectivity index (χ3v) is 7.95. The van der Waals surface area contributed by atoms with Crippen LogP contribution in [0.15, 0.2) is 72.8 Å². The number of rotatable bonds is 10. The summed E-state index contributed by atoms with van der Waals surface area (Å²) in [5.41, 5.74) is 2.53. The molecule has 210 valence electrons. The van der Waals surface area contributed by atoms with Gasteiger partial charge < -0.3 is 24.2 Å². The van der Waals surface area contributed by atoms with Crippen LogP contribution in [0.1, 0.15) is 49.8 Å². The maximum atomic E-state index is 14.0. The fourth-order valence-electron chi connectivity index (χ4n) is 6.10. The average Bonchev–Trinajstić information content (AvgIpc) is 3.58. The lowest BCUT2D eigenvalue weighted by Gasteiger charge is -2.33. The van der Waals surface area contributed by atoms with Gasteiger partial charge in [-0.1, -0.05) is 49.7 Å². The van der Waals surface area contributed by atoms with Crippen molar-refractivity contribution in [2.24, 2.45) is 5.92 Å². The molecule has 1 N–H and O–H groups in total. The summed E-state index contributed by atoms with van der Waals surface area (Å²) < 4.78 is 16.4. The maximum absolute atomic E-state index is 14.0. The second-order valence-corrected chi connectivity index (χ2v) is 10.5. The quantitative estimate of drug-likeness (QED) is 0.361. The molecule has 0 aliphatic carbocycles. The Kier molecular flexibility index (Phi) is 8.26. The van der Waals surface area contributed by atoms with Gasteiger partial charge in [-0.2, -0.15) is 0 Å². The van der Waals surface area contributed by atoms with Gasteiger partial charge in [-0.15, -0.1) is 0 Å². The number of amides is 1. The van der Waals surface area contributed by atoms with Crippen molar-refractivity contribution in [1.82, 2.24) is 4.90 Å². The van der Waals surface area contributed by atoms with Crippen LogP contribution in [0.4, 0.5) is 5.69 Å². The summed E-state index contributed by atoms with van der Waals surface area (Å²) in [6.07, 6.45) is 1.81. The smallest absolute Gasteiger partial charge is 0.309 e. The van der Waals surface area contributed by atoms with Gasteiger partial charge in [0.05, 0.1) is 19.6 Å². The number of fused-ring (bicyclic) bond motifs is 1. The highest BCUT2D eigenvalue weighted by molar-refractivity contribution is 5.95. The minimum absolute atomic E-state index is 0.00173. The lowest BCUT2D eigenvalue weighted by Crippen LogP contribution is -2.45. The molecule has 2 aliphatic heterocycles. The summed E-state index contributed by atoms with van der Waals surface area (Å²) in [6.45, 7) is 4.81. The van der Waals surface area contributed by atoms with Crippen LogP contribution in [0.5, 0.6) is 17.2 Å². The Bertz CT molecular complexity index is 1330. The van der Waals surface area contributed by atoms with Crippen molar-refractivity contribution in [3.05, 3.63) is 83.9 Å². The molecule has 0 spiro atoms. The number of benzene rings is 3. The fraction of sp³-hybridized carbons (Fsp3) is 0.375. The van der Waals surface area contributed by atoms with E-state index < -0.39 is 17.9 Å². The highest BCUT2D eigenvalue weighted by Gasteiger charge is 2.48. The van der Waals surface area contributed by atoms with Crippen molar-refractivity contribution >= 4 is 17.6 Å². The van der Waals surface area contributed by atoms with Gasteiger partial charge in [-0.25, -0.2) is 0 Å². The predicted octanol–water partition coefficient (Wildman–Crippen LogP) is 5.49. The molecule has 8 nitrogen and oxygen atoms in total. The number of carbonyl (C=O) groups is 2. The standard InChI is InChI=1S/C32H36N2O6/c1-4-8-21(2)34(24-9-6-5-7-10-24)29(35)19-33-18-26(23-13-16-27-28(17-23)40-20-39-27)30(32(36)37)31(33)22-11-14-25(38-3)15-12-22/h5-7,9-17,21,26,30-31H,4,8,18-20H2,1-3H3,(H,36,37)/t21?,26-,30+,31-/m1/s1. The van der Waals surface area contributed by atoms with Crippen LogP contribution in [-0.2, 0) is 9.59 Å². The Labute approximate surface area is 235 Å². The monoisotopic (exact) mass is 544 g/mol. The molecule has 0 radical (unpaired) electrons. The summed E-state index contributed by atoms with van der Waals surface area (Å²) in [6, 6.07) is 22.3. The molecule has 1 unspecified atom stereocenters. The summed E-state index contributed by atoms with van der Waals surface area (Å²) in [4.78, 5) is 30.8. The number of para-hydroxylation sites is 1. The predicted molar refractivity (Wildman–Crippen MR) is 152 cm³/mol. The van der Waals surface area contributed by atoms with Crippen LogP contribution in [0.3, 0.4) is 0 Å². The molecule has 4 atom stereocenters. The first kappa shape index (κ1) is 27.5. The molecule has 0 aromatic heterocycles. The van der Waals surface area contributed by atoms with Crippen molar-refractivity contribution in [3.63, 3.8) is 0 Å². The van der Waals surface area contributed by atoms with E-state index in [4.69, 9.17) is 14.2 Å². The van der Waals surface area contributed by atoms with Crippen LogP contribution < -0.4 is 19.1 Å². The van der Waals surface area contributed by atoms with Gasteiger partial charge >= 0.3 is 5.97 Å². The molecule has 1 fully saturated rings. The number of hydrogen-bond acceptors (Lipinski definition) is 6. The molecule has 1 amide bonds. The third-order valence-electron chi connectivity index (χ3n) is 7.95. The largest absolute Gasteiger partial charge is 0.497 e. The third kappa shape index (κ3) is 5.49. The Morgan fingerprint density at radius 2 is 1.73 bits per heavy atom. The molecule has 40 heavy (non-hydrogen) atoms. The summed E-state index contributed by atoms with van der Waals surface area (Å²) in [5, 5.41) is 10.6. The van der Waals surface area contributed by atoms with Crippen molar-refractivity contribution in [2.45, 2.75) is 44.7 Å². The first-order valence-electron chi connectivity index (χ1n) is 13.8. The van der Waals surface area contributed by atoms with E-state index in [1.165, 1.54) is 0 Å². The number of aliphatic carboxylic acids is 1. The number of nitrogens with zero attached hydrogens (tertiary/aromatic N) is 2. The number of hydrogen-bond donors (Lipinski definition) is 1. The van der Waals surface area contributed by atoms with Crippen molar-refractivity contribution in [3.8, 4) is 17.2 Å². The normalized spacial score (nSPS) is 20.7. The van der Waals surface area contributed by atoms with Gasteiger partial charge in [0.1, 0.15) is 5.75 Å². The zero-order chi connectivity index (χ0) is 28.2. The highest BCUT2D eigenvalue weighted by atomic mass is 16.7. The summed E-state index contributed by atoms with van der Waals surface area (Å²) >= 11 is 0. The van der Waals surface area contributed by atoms with E-state index in [0.717, 1.165) is 29.7 Å². The van der Waals surface area contributed by atoms with E-state index in [-0.39, 0.29) is 31.2 Å². The number of likely N-dealkylation sites (tertiary alicyclic amines) is 1. The number of carboxylic acids is 1. The molecule has 0 bridgehead atoms. The minimum Gasteiger partial charge on any atom is -0.497 e. The highest BCUT2D eigenvalue weighted by Crippen LogP contribution is 2.48. The summed E-state index contributed by atoms with van der Waals surface area (Å²) in [5.74, 6) is -0.146. The van der Waals surface area contributed by atoms with E-state index in [2.05, 4.69) is 13.8 Å². The van der Waals surface area contributed by atoms with E-state index in [0.29, 0.717) is 23.8 Å². The molecule has 0 saturated carbocycles. The Morgan fingerprint density at radius 3 is 2.40 bits per heavy atom. The molecule has 3 aromatic rings. The topological polar surface area (TPSA) is 88.5 Å². The molecule has 1 saturated heterocycles. The van der Waals surface area contributed by atoms with Crippen LogP contribution >= 0.6 is 0 Å². The Balaban J connectivity index is 1.52. The zero-order valence-electron chi connectivity index (χ0n) is 23.2. The van der Waals surface area contributed by atoms with Crippen LogP contribution in [-0.4, -0.2) is 54.9 Å². The second kappa shape index (κ2) is 12.0. The van der Waals surface area contributed by atoms with Gasteiger partial charge in [0.2, 0.25) is 12.7 Å². The molecule has 2 heterocycles. The van der Waals surface area contributed by atoms with Crippen molar-refractivity contribution < 1.29 is 28.9 Å². The van der Waals surface area contributed by atoms with E-state index in [1.54, 1.807) is 7.11 Å². The second-order valence-electron chi connectivity index (χ2n) is 10.5. The number of ether oxygens (including phenoxy) is 3. The maximum Gasteiger partial charge on any atom is 0.309 e. The van der Waals surface area contributed by atoms with Gasteiger partial charge in [-0.05, 0) is 60.9 Å². The van der Waals surface area contributed by atoms with Crippen LogP contribution in [0, 0.1) is 5.92 Å². The van der Waals surface area contributed by atoms with Crippen molar-refractivity contribution in [1.29, 1.82) is 0 Å². The van der Waals surface area contributed by atoms with Gasteiger partial charge in [-0.3, -0.25) is 14.5 Å². The van der Waals surface area contributed by atoms with Gasteiger partial charge in [0.25, 0.3) is 0 Å². The SMILES string of the molecule is CCCC(C)N(C(=O)CN1C[C@H](c2ccc3c(c2)OCO3)[C@H](C(=O)O)[C@H]1c1ccc(OC)cc1)c1ccccc1. The fourth-order valence-corrected chi connectivity index (χ4v) is 6.10. The number of anilines is 1. The number of carbonyl (C=O) groups excluding carboxylic acids is 1. The summed E-state index contributed by atoms with van der Waals surface area (Å²) in [7, 11) is 1.60. The van der Waals surface area contributed by atoms with Crippen LogP contribution in [0.25, 0.3) is 0 Å².